The van der Waals surface area contributed by atoms with Gasteiger partial charge < -0.3 is 5.32 Å². The number of sulfone groups is 1. The van der Waals surface area contributed by atoms with E-state index >= 15 is 0 Å². The molecule has 1 heterocycles. The molecule has 0 fully saturated rings. The van der Waals surface area contributed by atoms with E-state index in [2.05, 4.69) is 5.32 Å². The van der Waals surface area contributed by atoms with Gasteiger partial charge in [-0.3, -0.25) is 19.3 Å². The van der Waals surface area contributed by atoms with Crippen molar-refractivity contribution < 1.29 is 22.8 Å². The molecule has 0 spiro atoms. The van der Waals surface area contributed by atoms with Gasteiger partial charge in [-0.25, -0.2) is 8.42 Å². The number of amides is 3. The molecule has 0 atom stereocenters. The highest BCUT2D eigenvalue weighted by atomic mass is 32.2. The first-order valence-corrected chi connectivity index (χ1v) is 10.7. The number of nitrogens with zero attached hydrogens (tertiary/aromatic N) is 1. The second-order valence-corrected chi connectivity index (χ2v) is 8.90. The Morgan fingerprint density at radius 2 is 1.54 bits per heavy atom. The normalized spacial score (nSPS) is 13.5. The molecule has 0 unspecified atom stereocenters. The molecule has 1 aliphatic rings. The minimum absolute atomic E-state index is 0.0371. The predicted molar refractivity (Wildman–Crippen MR) is 104 cm³/mol. The minimum atomic E-state index is -3.13. The van der Waals surface area contributed by atoms with Gasteiger partial charge in [0.25, 0.3) is 17.7 Å². The van der Waals surface area contributed by atoms with Gasteiger partial charge in [0.05, 0.1) is 23.4 Å². The lowest BCUT2D eigenvalue weighted by atomic mass is 10.1. The summed E-state index contributed by atoms with van der Waals surface area (Å²) in [6, 6.07) is 13.2. The average molecular weight is 400 g/mol. The third-order valence-corrected chi connectivity index (χ3v) is 6.28. The van der Waals surface area contributed by atoms with Crippen LogP contribution in [0.25, 0.3) is 0 Å². The summed E-state index contributed by atoms with van der Waals surface area (Å²) in [6.07, 6.45) is 0. The van der Waals surface area contributed by atoms with Crippen LogP contribution in [0, 0.1) is 0 Å². The predicted octanol–water partition coefficient (Wildman–Crippen LogP) is 1.65. The van der Waals surface area contributed by atoms with Crippen LogP contribution in [0.2, 0.25) is 0 Å². The topological polar surface area (TPSA) is 101 Å². The molecule has 0 radical (unpaired) electrons. The van der Waals surface area contributed by atoms with Crippen molar-refractivity contribution in [2.45, 2.75) is 13.5 Å². The number of hydrogen-bond acceptors (Lipinski definition) is 5. The highest BCUT2D eigenvalue weighted by Gasteiger charge is 2.34. The van der Waals surface area contributed by atoms with Crippen LogP contribution in [-0.4, -0.2) is 49.1 Å². The van der Waals surface area contributed by atoms with Crippen LogP contribution in [-0.2, 0) is 16.4 Å². The molecule has 0 aliphatic carbocycles. The molecule has 3 amide bonds. The van der Waals surface area contributed by atoms with E-state index in [1.165, 1.54) is 4.90 Å². The van der Waals surface area contributed by atoms with Gasteiger partial charge in [0.2, 0.25) is 0 Å². The zero-order valence-corrected chi connectivity index (χ0v) is 16.2. The van der Waals surface area contributed by atoms with Gasteiger partial charge in [-0.1, -0.05) is 31.2 Å². The molecule has 0 bridgehead atoms. The zero-order valence-electron chi connectivity index (χ0n) is 15.3. The number of imide groups is 1. The number of benzene rings is 2. The SMILES string of the molecule is CCS(=O)(=O)CCNC(=O)c1ccc(CN2C(=O)c3ccccc3C2=O)cc1. The van der Waals surface area contributed by atoms with Crippen LogP contribution < -0.4 is 5.32 Å². The smallest absolute Gasteiger partial charge is 0.261 e. The Kier molecular flexibility index (Phi) is 5.60. The van der Waals surface area contributed by atoms with Crippen molar-refractivity contribution in [3.63, 3.8) is 0 Å². The Bertz CT molecular complexity index is 994. The highest BCUT2D eigenvalue weighted by molar-refractivity contribution is 7.91. The van der Waals surface area contributed by atoms with Gasteiger partial charge in [0.15, 0.2) is 9.84 Å². The molecule has 146 valence electrons. The summed E-state index contributed by atoms with van der Waals surface area (Å²) in [5.74, 6) is -1.11. The largest absolute Gasteiger partial charge is 0.351 e. The molecule has 3 rings (SSSR count). The lowest BCUT2D eigenvalue weighted by Crippen LogP contribution is -2.30. The number of carbonyl (C=O) groups is 3. The number of hydrogen-bond donors (Lipinski definition) is 1. The Morgan fingerprint density at radius 1 is 0.964 bits per heavy atom. The summed E-state index contributed by atoms with van der Waals surface area (Å²) in [7, 11) is -3.13. The highest BCUT2D eigenvalue weighted by Crippen LogP contribution is 2.24. The fourth-order valence-electron chi connectivity index (χ4n) is 2.89. The van der Waals surface area contributed by atoms with E-state index in [1.807, 2.05) is 0 Å². The first-order chi connectivity index (χ1) is 13.3. The lowest BCUT2D eigenvalue weighted by molar-refractivity contribution is 0.0641. The van der Waals surface area contributed by atoms with Gasteiger partial charge >= 0.3 is 0 Å². The van der Waals surface area contributed by atoms with E-state index < -0.39 is 9.84 Å². The van der Waals surface area contributed by atoms with E-state index in [9.17, 15) is 22.8 Å². The van der Waals surface area contributed by atoms with E-state index in [4.69, 9.17) is 0 Å². The van der Waals surface area contributed by atoms with E-state index in [1.54, 1.807) is 55.5 Å². The summed E-state index contributed by atoms with van der Waals surface area (Å²) >= 11 is 0. The summed E-state index contributed by atoms with van der Waals surface area (Å²) in [5, 5.41) is 2.57. The van der Waals surface area contributed by atoms with E-state index in [-0.39, 0.29) is 42.3 Å². The summed E-state index contributed by atoms with van der Waals surface area (Å²) in [4.78, 5) is 38.1. The number of nitrogens with one attached hydrogen (secondary N) is 1. The molecular formula is C20H20N2O5S. The van der Waals surface area contributed by atoms with Crippen LogP contribution in [0.5, 0.6) is 0 Å². The third-order valence-electron chi connectivity index (χ3n) is 4.57. The van der Waals surface area contributed by atoms with Crippen molar-refractivity contribution in [3.8, 4) is 0 Å². The maximum absolute atomic E-state index is 12.4. The summed E-state index contributed by atoms with van der Waals surface area (Å²) < 4.78 is 22.9. The van der Waals surface area contributed by atoms with Crippen molar-refractivity contribution in [1.29, 1.82) is 0 Å². The second-order valence-electron chi connectivity index (χ2n) is 6.43. The molecule has 8 heteroatoms. The van der Waals surface area contributed by atoms with Crippen LogP contribution in [0.1, 0.15) is 43.6 Å². The quantitative estimate of drug-likeness (QED) is 0.712. The maximum atomic E-state index is 12.4. The van der Waals surface area contributed by atoms with Crippen molar-refractivity contribution >= 4 is 27.6 Å². The van der Waals surface area contributed by atoms with Crippen molar-refractivity contribution in [2.24, 2.45) is 0 Å². The number of rotatable bonds is 7. The average Bonchev–Trinajstić information content (AvgIpc) is 2.93. The van der Waals surface area contributed by atoms with Gasteiger partial charge in [-0.05, 0) is 29.8 Å². The third kappa shape index (κ3) is 4.12. The molecule has 0 saturated heterocycles. The van der Waals surface area contributed by atoms with E-state index in [0.717, 1.165) is 0 Å². The van der Waals surface area contributed by atoms with Gasteiger partial charge in [0, 0.05) is 17.9 Å². The Hall–Kier alpha value is -3.00. The standard InChI is InChI=1S/C20H20N2O5S/c1-2-28(26,27)12-11-21-18(23)15-9-7-14(8-10-15)13-22-19(24)16-5-3-4-6-17(16)20(22)25/h3-10H,2,11-13H2,1H3,(H,21,23). The number of fused-ring (bicyclic) bond motifs is 1. The van der Waals surface area contributed by atoms with Crippen molar-refractivity contribution in [2.75, 3.05) is 18.1 Å². The van der Waals surface area contributed by atoms with Crippen LogP contribution in [0.3, 0.4) is 0 Å². The molecule has 1 N–H and O–H groups in total. The van der Waals surface area contributed by atoms with Gasteiger partial charge in [-0.15, -0.1) is 0 Å². The Morgan fingerprint density at radius 3 is 2.07 bits per heavy atom. The first kappa shape index (κ1) is 19.8. The molecule has 0 saturated carbocycles. The van der Waals surface area contributed by atoms with Crippen molar-refractivity contribution in [1.82, 2.24) is 10.2 Å². The van der Waals surface area contributed by atoms with E-state index in [0.29, 0.717) is 22.3 Å². The van der Waals surface area contributed by atoms with Gasteiger partial charge in [-0.2, -0.15) is 0 Å². The maximum Gasteiger partial charge on any atom is 0.261 e. The number of carbonyl (C=O) groups excluding carboxylic acids is 3. The fraction of sp³-hybridized carbons (Fsp3) is 0.250. The Balaban J connectivity index is 1.62. The molecule has 1 aliphatic heterocycles. The van der Waals surface area contributed by atoms with Crippen LogP contribution in [0.15, 0.2) is 48.5 Å². The zero-order chi connectivity index (χ0) is 20.3. The monoisotopic (exact) mass is 400 g/mol. The van der Waals surface area contributed by atoms with Gasteiger partial charge in [0.1, 0.15) is 0 Å². The summed E-state index contributed by atoms with van der Waals surface area (Å²) in [6.45, 7) is 1.72. The van der Waals surface area contributed by atoms with Crippen LogP contribution >= 0.6 is 0 Å². The molecule has 0 aromatic heterocycles. The Labute approximate surface area is 163 Å². The van der Waals surface area contributed by atoms with Crippen LogP contribution in [0.4, 0.5) is 0 Å². The molecule has 7 nitrogen and oxygen atoms in total. The lowest BCUT2D eigenvalue weighted by Gasteiger charge is -2.14. The van der Waals surface area contributed by atoms with Crippen molar-refractivity contribution in [3.05, 3.63) is 70.8 Å². The molecular weight excluding hydrogens is 380 g/mol. The second kappa shape index (κ2) is 7.93. The molecule has 2 aromatic rings. The fourth-order valence-corrected chi connectivity index (χ4v) is 3.60. The minimum Gasteiger partial charge on any atom is -0.351 e. The molecule has 28 heavy (non-hydrogen) atoms. The summed E-state index contributed by atoms with van der Waals surface area (Å²) in [5.41, 5.74) is 1.87. The molecule has 2 aromatic carbocycles. The first-order valence-electron chi connectivity index (χ1n) is 8.85.